The lowest BCUT2D eigenvalue weighted by Crippen LogP contribution is -2.02. The van der Waals surface area contributed by atoms with Gasteiger partial charge >= 0.3 is 0 Å². The molecule has 2 aromatic carbocycles. The van der Waals surface area contributed by atoms with Gasteiger partial charge in [-0.25, -0.2) is 5.43 Å². The predicted molar refractivity (Wildman–Crippen MR) is 117 cm³/mol. The molecule has 0 radical (unpaired) electrons. The van der Waals surface area contributed by atoms with Crippen molar-refractivity contribution in [3.8, 4) is 5.69 Å². The number of fused-ring (bicyclic) bond motifs is 3. The smallest absolute Gasteiger partial charge is 0.269 e. The Morgan fingerprint density at radius 2 is 1.87 bits per heavy atom. The fraction of sp³-hybridized carbons (Fsp3) is 0.0476. The minimum absolute atomic E-state index is 0.0427. The highest BCUT2D eigenvalue weighted by Gasteiger charge is 2.12. The van der Waals surface area contributed by atoms with Crippen LogP contribution >= 0.6 is 0 Å². The Balaban J connectivity index is 1.39. The molecule has 10 heteroatoms. The van der Waals surface area contributed by atoms with Crippen molar-refractivity contribution < 1.29 is 4.92 Å². The Labute approximate surface area is 175 Å². The summed E-state index contributed by atoms with van der Waals surface area (Å²) < 4.78 is 3.83. The van der Waals surface area contributed by atoms with Gasteiger partial charge in [-0.05, 0) is 30.3 Å². The maximum Gasteiger partial charge on any atom is 0.269 e. The van der Waals surface area contributed by atoms with Crippen molar-refractivity contribution in [2.24, 2.45) is 12.1 Å². The summed E-state index contributed by atoms with van der Waals surface area (Å²) in [4.78, 5) is 15.0. The van der Waals surface area contributed by atoms with Gasteiger partial charge in [-0.15, -0.1) is 10.2 Å². The van der Waals surface area contributed by atoms with Gasteiger partial charge in [0.15, 0.2) is 5.65 Å². The molecule has 0 aliphatic rings. The Morgan fingerprint density at radius 1 is 1.06 bits per heavy atom. The van der Waals surface area contributed by atoms with E-state index in [-0.39, 0.29) is 11.6 Å². The molecule has 0 bridgehead atoms. The number of non-ortho nitro benzene ring substituents is 1. The zero-order valence-electron chi connectivity index (χ0n) is 16.4. The van der Waals surface area contributed by atoms with Gasteiger partial charge in [0.2, 0.25) is 0 Å². The highest BCUT2D eigenvalue weighted by atomic mass is 16.6. The zero-order chi connectivity index (χ0) is 21.4. The summed E-state index contributed by atoms with van der Waals surface area (Å²) in [6.45, 7) is 0. The molecule has 0 fully saturated rings. The van der Waals surface area contributed by atoms with Crippen molar-refractivity contribution in [2.75, 3.05) is 5.43 Å². The molecule has 3 aromatic heterocycles. The van der Waals surface area contributed by atoms with E-state index >= 15 is 0 Å². The standard InChI is InChI=1S/C21H16N8O2/c1-27-18-7-3-2-6-17(18)19-20(27)23-21(26-24-19)25-22-13-16-5-4-12-28(16)14-8-10-15(11-9-14)29(30)31/h2-13H,1H3,(H,23,25,26)/b22-13+. The maximum absolute atomic E-state index is 10.8. The molecule has 0 aliphatic carbocycles. The van der Waals surface area contributed by atoms with Gasteiger partial charge < -0.3 is 9.13 Å². The van der Waals surface area contributed by atoms with Crippen LogP contribution in [0, 0.1) is 10.1 Å². The van der Waals surface area contributed by atoms with Gasteiger partial charge in [-0.1, -0.05) is 18.2 Å². The van der Waals surface area contributed by atoms with Gasteiger partial charge in [-0.2, -0.15) is 10.1 Å². The van der Waals surface area contributed by atoms with Crippen molar-refractivity contribution in [2.45, 2.75) is 0 Å². The average Bonchev–Trinajstić information content (AvgIpc) is 3.37. The number of aromatic nitrogens is 5. The number of hydrogen-bond acceptors (Lipinski definition) is 7. The van der Waals surface area contributed by atoms with Gasteiger partial charge in [0.25, 0.3) is 11.6 Å². The molecular formula is C21H16N8O2. The number of anilines is 1. The number of benzene rings is 2. The second kappa shape index (κ2) is 7.34. The van der Waals surface area contributed by atoms with Gasteiger partial charge in [0, 0.05) is 36.5 Å². The molecule has 152 valence electrons. The van der Waals surface area contributed by atoms with Crippen LogP contribution in [-0.2, 0) is 7.05 Å². The third-order valence-corrected chi connectivity index (χ3v) is 4.99. The van der Waals surface area contributed by atoms with E-state index in [9.17, 15) is 10.1 Å². The first-order valence-corrected chi connectivity index (χ1v) is 9.41. The molecule has 5 aromatic rings. The lowest BCUT2D eigenvalue weighted by atomic mass is 10.2. The first-order chi connectivity index (χ1) is 15.1. The van der Waals surface area contributed by atoms with Crippen molar-refractivity contribution in [1.29, 1.82) is 0 Å². The zero-order valence-corrected chi connectivity index (χ0v) is 16.4. The van der Waals surface area contributed by atoms with Crippen LogP contribution in [0.2, 0.25) is 0 Å². The normalized spacial score (nSPS) is 11.5. The molecule has 1 N–H and O–H groups in total. The summed E-state index contributed by atoms with van der Waals surface area (Å²) in [5.41, 5.74) is 6.90. The molecule has 0 atom stereocenters. The van der Waals surface area contributed by atoms with Crippen molar-refractivity contribution in [3.05, 3.63) is 82.7 Å². The summed E-state index contributed by atoms with van der Waals surface area (Å²) in [5.74, 6) is 0.281. The third kappa shape index (κ3) is 3.25. The van der Waals surface area contributed by atoms with Crippen LogP contribution < -0.4 is 5.43 Å². The van der Waals surface area contributed by atoms with Crippen LogP contribution in [0.3, 0.4) is 0 Å². The SMILES string of the molecule is Cn1c2ccccc2c2nnc(N/N=C/c3cccn3-c3ccc([N+](=O)[O-])cc3)nc21. The minimum atomic E-state index is -0.424. The molecule has 31 heavy (non-hydrogen) atoms. The number of aryl methyl sites for hydroxylation is 1. The van der Waals surface area contributed by atoms with Crippen molar-refractivity contribution in [3.63, 3.8) is 0 Å². The Bertz CT molecular complexity index is 1450. The second-order valence-corrected chi connectivity index (χ2v) is 6.83. The average molecular weight is 412 g/mol. The molecular weight excluding hydrogens is 396 g/mol. The number of hydrogen-bond donors (Lipinski definition) is 1. The van der Waals surface area contributed by atoms with E-state index in [1.165, 1.54) is 12.1 Å². The van der Waals surface area contributed by atoms with Crippen molar-refractivity contribution >= 4 is 39.9 Å². The number of rotatable bonds is 5. The monoisotopic (exact) mass is 412 g/mol. The molecule has 0 unspecified atom stereocenters. The molecule has 5 rings (SSSR count). The van der Waals surface area contributed by atoms with Gasteiger partial charge in [-0.3, -0.25) is 10.1 Å². The van der Waals surface area contributed by atoms with Crippen LogP contribution in [-0.4, -0.2) is 35.5 Å². The van der Waals surface area contributed by atoms with Crippen LogP contribution in [0.25, 0.3) is 27.8 Å². The number of nitrogens with one attached hydrogen (secondary N) is 1. The number of para-hydroxylation sites is 1. The summed E-state index contributed by atoms with van der Waals surface area (Å²) >= 11 is 0. The van der Waals surface area contributed by atoms with E-state index in [0.717, 1.165) is 27.8 Å². The van der Waals surface area contributed by atoms with Crippen molar-refractivity contribution in [1.82, 2.24) is 24.3 Å². The van der Waals surface area contributed by atoms with E-state index < -0.39 is 4.92 Å². The minimum Gasteiger partial charge on any atom is -0.327 e. The second-order valence-electron chi connectivity index (χ2n) is 6.83. The topological polar surface area (TPSA) is 116 Å². The number of nitrogens with zero attached hydrogens (tertiary/aromatic N) is 7. The van der Waals surface area contributed by atoms with Gasteiger partial charge in [0.05, 0.1) is 22.3 Å². The van der Waals surface area contributed by atoms with E-state index in [2.05, 4.69) is 25.7 Å². The molecule has 0 amide bonds. The van der Waals surface area contributed by atoms with Crippen LogP contribution in [0.15, 0.2) is 72.0 Å². The molecule has 0 spiro atoms. The number of nitro benzene ring substituents is 1. The van der Waals surface area contributed by atoms with E-state index in [1.807, 2.05) is 58.8 Å². The highest BCUT2D eigenvalue weighted by Crippen LogP contribution is 2.24. The molecule has 0 saturated carbocycles. The lowest BCUT2D eigenvalue weighted by molar-refractivity contribution is -0.384. The quantitative estimate of drug-likeness (QED) is 0.267. The summed E-state index contributed by atoms with van der Waals surface area (Å²) in [6, 6.07) is 18.0. The summed E-state index contributed by atoms with van der Waals surface area (Å²) in [6.07, 6.45) is 3.47. The summed E-state index contributed by atoms with van der Waals surface area (Å²) in [7, 11) is 1.93. The Kier molecular flexibility index (Phi) is 4.36. The van der Waals surface area contributed by atoms with Crippen LogP contribution in [0.4, 0.5) is 11.6 Å². The fourth-order valence-electron chi connectivity index (χ4n) is 3.48. The maximum atomic E-state index is 10.8. The Hall–Kier alpha value is -4.60. The van der Waals surface area contributed by atoms with E-state index in [0.29, 0.717) is 5.65 Å². The van der Waals surface area contributed by atoms with E-state index in [4.69, 9.17) is 0 Å². The summed E-state index contributed by atoms with van der Waals surface area (Å²) in [5, 5.41) is 24.5. The first kappa shape index (κ1) is 18.4. The molecule has 10 nitrogen and oxygen atoms in total. The van der Waals surface area contributed by atoms with Crippen LogP contribution in [0.5, 0.6) is 0 Å². The van der Waals surface area contributed by atoms with Crippen LogP contribution in [0.1, 0.15) is 5.69 Å². The predicted octanol–water partition coefficient (Wildman–Crippen LogP) is 3.66. The molecule has 0 saturated heterocycles. The number of nitro groups is 1. The number of hydrazone groups is 1. The molecule has 0 aliphatic heterocycles. The fourth-order valence-corrected chi connectivity index (χ4v) is 3.48. The first-order valence-electron chi connectivity index (χ1n) is 9.41. The highest BCUT2D eigenvalue weighted by molar-refractivity contribution is 6.04. The van der Waals surface area contributed by atoms with E-state index in [1.54, 1.807) is 18.3 Å². The largest absolute Gasteiger partial charge is 0.327 e. The van der Waals surface area contributed by atoms with Gasteiger partial charge in [0.1, 0.15) is 5.52 Å². The molecule has 3 heterocycles. The Morgan fingerprint density at radius 3 is 2.68 bits per heavy atom. The lowest BCUT2D eigenvalue weighted by Gasteiger charge is -2.06. The third-order valence-electron chi connectivity index (χ3n) is 4.99.